The number of methoxy groups -OCH3 is 4. The van der Waals surface area contributed by atoms with Crippen molar-refractivity contribution in [1.82, 2.24) is 0 Å². The second-order valence-electron chi connectivity index (χ2n) is 7.78. The van der Waals surface area contributed by atoms with Crippen LogP contribution in [0.15, 0.2) is 34.3 Å². The fraction of sp³-hybridized carbons (Fsp3) is 0.462. The van der Waals surface area contributed by atoms with E-state index in [0.717, 1.165) is 70.5 Å². The molecule has 0 fully saturated rings. The number of rotatable bonds is 6. The Morgan fingerprint density at radius 3 is 1.32 bits per heavy atom. The zero-order chi connectivity index (χ0) is 28.1. The van der Waals surface area contributed by atoms with Crippen LogP contribution >= 0.6 is 23.5 Å². The summed E-state index contributed by atoms with van der Waals surface area (Å²) in [6, 6.07) is 8.21. The molecule has 0 aliphatic carbocycles. The molecule has 12 heteroatoms. The molecule has 0 atom stereocenters. The summed E-state index contributed by atoms with van der Waals surface area (Å²) in [5.41, 5.74) is 4.99. The van der Waals surface area contributed by atoms with Crippen LogP contribution in [0, 0.1) is 0 Å². The van der Waals surface area contributed by atoms with Gasteiger partial charge in [0.15, 0.2) is 23.0 Å². The fourth-order valence-electron chi connectivity index (χ4n) is 3.90. The predicted octanol–water partition coefficient (Wildman–Crippen LogP) is 4.44. The highest BCUT2D eigenvalue weighted by atomic mass is 32.2. The van der Waals surface area contributed by atoms with Gasteiger partial charge in [-0.3, -0.25) is 14.3 Å². The van der Waals surface area contributed by atoms with Gasteiger partial charge in [0.2, 0.25) is 0 Å². The number of hydrogen-bond acceptors (Lipinski definition) is 10. The van der Waals surface area contributed by atoms with Crippen molar-refractivity contribution in [3.8, 4) is 23.0 Å². The number of fused-ring (bicyclic) bond motifs is 2. The summed E-state index contributed by atoms with van der Waals surface area (Å²) in [7, 11) is 4.00. The minimum Gasteiger partial charge on any atom is -0.493 e. The lowest BCUT2D eigenvalue weighted by Crippen LogP contribution is -2.11. The summed E-state index contributed by atoms with van der Waals surface area (Å²) in [5, 5.41) is 16.1. The molecule has 0 spiro atoms. The second-order valence-corrected chi connectivity index (χ2v) is 10.3. The van der Waals surface area contributed by atoms with Crippen LogP contribution in [0.4, 0.5) is 4.32 Å². The summed E-state index contributed by atoms with van der Waals surface area (Å²) >= 11 is 3.56. The van der Waals surface area contributed by atoms with Gasteiger partial charge in [0.25, 0.3) is 0 Å². The highest BCUT2D eigenvalue weighted by Crippen LogP contribution is 2.35. The van der Waals surface area contributed by atoms with Gasteiger partial charge in [-0.25, -0.2) is 0 Å². The van der Waals surface area contributed by atoms with Crippen molar-refractivity contribution in [3.63, 3.8) is 0 Å². The summed E-state index contributed by atoms with van der Waals surface area (Å²) in [6.45, 7) is 6.01. The van der Waals surface area contributed by atoms with E-state index in [9.17, 15) is 4.32 Å². The third-order valence-corrected chi connectivity index (χ3v) is 7.34. The van der Waals surface area contributed by atoms with E-state index < -0.39 is 7.40 Å². The van der Waals surface area contributed by atoms with E-state index in [0.29, 0.717) is 0 Å². The quantitative estimate of drug-likeness (QED) is 0.495. The maximum Gasteiger partial charge on any atom is 0.674 e. The average Bonchev–Trinajstić information content (AvgIpc) is 2.92. The molecule has 2 aromatic carbocycles. The van der Waals surface area contributed by atoms with Gasteiger partial charge in [-0.1, -0.05) is 13.8 Å². The van der Waals surface area contributed by atoms with Crippen LogP contribution in [-0.2, 0) is 12.8 Å². The van der Waals surface area contributed by atoms with Crippen LogP contribution in [0.3, 0.4) is 0 Å². The Balaban J connectivity index is 0.000000234. The van der Waals surface area contributed by atoms with Crippen molar-refractivity contribution in [2.75, 3.05) is 53.0 Å². The van der Waals surface area contributed by atoms with Gasteiger partial charge in [-0.2, -0.15) is 0 Å². The average molecular weight is 567 g/mol. The molecule has 2 aromatic rings. The van der Waals surface area contributed by atoms with Gasteiger partial charge in [0.05, 0.1) is 38.5 Å². The van der Waals surface area contributed by atoms with Gasteiger partial charge in [-0.05, 0) is 59.7 Å². The molecular weight excluding hydrogens is 530 g/mol. The zero-order valence-corrected chi connectivity index (χ0v) is 24.4. The van der Waals surface area contributed by atoms with Crippen molar-refractivity contribution < 1.29 is 33.3 Å². The van der Waals surface area contributed by atoms with E-state index >= 15 is 0 Å². The van der Waals surface area contributed by atoms with Gasteiger partial charge in [0.1, 0.15) is 0 Å². The predicted molar refractivity (Wildman–Crippen MR) is 157 cm³/mol. The first-order valence-corrected chi connectivity index (χ1v) is 14.2. The van der Waals surface area contributed by atoms with Crippen LogP contribution in [0.1, 0.15) is 36.1 Å². The molecule has 0 aromatic heterocycles. The number of ether oxygens (including phenoxy) is 4. The fourth-order valence-corrected chi connectivity index (χ4v) is 5.50. The number of hydrogen-bond donors (Lipinski definition) is 2. The van der Waals surface area contributed by atoms with E-state index in [4.69, 9.17) is 29.0 Å². The Labute approximate surface area is 233 Å². The molecule has 0 bridgehead atoms. The highest BCUT2D eigenvalue weighted by Gasteiger charge is 2.19. The lowest BCUT2D eigenvalue weighted by Gasteiger charge is -2.19. The first-order chi connectivity index (χ1) is 18.3. The number of halogens is 1. The van der Waals surface area contributed by atoms with E-state index in [1.165, 1.54) is 22.3 Å². The molecule has 2 aliphatic heterocycles. The Bertz CT molecular complexity index is 1030. The molecule has 0 saturated carbocycles. The minimum atomic E-state index is -2.67. The van der Waals surface area contributed by atoms with Gasteiger partial charge >= 0.3 is 7.40 Å². The molecule has 0 amide bonds. The van der Waals surface area contributed by atoms with Gasteiger partial charge in [-0.15, -0.1) is 23.5 Å². The van der Waals surface area contributed by atoms with Crippen LogP contribution in [0.5, 0.6) is 23.0 Å². The van der Waals surface area contributed by atoms with E-state index in [1.807, 2.05) is 12.1 Å². The normalized spacial score (nSPS) is 13.2. The number of aliphatic imine (C=N–C) groups is 2. The molecule has 0 unspecified atom stereocenters. The summed E-state index contributed by atoms with van der Waals surface area (Å²) in [4.78, 5) is 9.15. The lowest BCUT2D eigenvalue weighted by atomic mass is 10.0. The second kappa shape index (κ2) is 16.5. The largest absolute Gasteiger partial charge is 0.674 e. The molecule has 38 heavy (non-hydrogen) atoms. The molecule has 0 radical (unpaired) electrons. The lowest BCUT2D eigenvalue weighted by molar-refractivity contribution is 0.340. The number of benzene rings is 2. The molecule has 208 valence electrons. The number of thioether (sulfide) groups is 2. The molecule has 2 N–H and O–H groups in total. The first kappa shape index (κ1) is 31.8. The van der Waals surface area contributed by atoms with E-state index in [2.05, 4.69) is 36.0 Å². The van der Waals surface area contributed by atoms with Crippen molar-refractivity contribution in [3.05, 3.63) is 46.5 Å². The van der Waals surface area contributed by atoms with Gasteiger partial charge < -0.3 is 29.0 Å². The summed E-state index contributed by atoms with van der Waals surface area (Å²) < 4.78 is 31.4. The van der Waals surface area contributed by atoms with Crippen molar-refractivity contribution in [2.24, 2.45) is 9.98 Å². The first-order valence-electron chi connectivity index (χ1n) is 12.2. The maximum atomic E-state index is 10.1. The summed E-state index contributed by atoms with van der Waals surface area (Å²) in [5.74, 6) is 5.22. The molecule has 2 heterocycles. The van der Waals surface area contributed by atoms with Crippen molar-refractivity contribution >= 4 is 41.0 Å². The molecule has 0 saturated heterocycles. The third kappa shape index (κ3) is 8.83. The van der Waals surface area contributed by atoms with E-state index in [1.54, 1.807) is 52.0 Å². The Morgan fingerprint density at radius 2 is 1.03 bits per heavy atom. The monoisotopic (exact) mass is 566 g/mol. The SMILES string of the molecule is CCSC1=NCCc2cc(OC)c(OC)cc21.CCSC1=NCCc2cc(OC)c(OC)cc21.OB(O)F. The highest BCUT2D eigenvalue weighted by molar-refractivity contribution is 8.14. The Morgan fingerprint density at radius 1 is 0.711 bits per heavy atom. The standard InChI is InChI=1S/2C13H17NO2S.BFH2O2/c2*1-4-17-13-10-8-12(16-3)11(15-2)7-9(10)5-6-14-13;2-1(3)4/h2*7-8H,4-6H2,1-3H3;3-4H. The molecule has 2 aliphatic rings. The minimum absolute atomic E-state index is 0.776. The smallest absolute Gasteiger partial charge is 0.493 e. The van der Waals surface area contributed by atoms with Crippen LogP contribution in [-0.4, -0.2) is 80.6 Å². The maximum absolute atomic E-state index is 10.1. The molecule has 4 rings (SSSR count). The van der Waals surface area contributed by atoms with Crippen molar-refractivity contribution in [1.29, 1.82) is 0 Å². The molecular formula is C26H36BFN2O6S2. The van der Waals surface area contributed by atoms with Crippen LogP contribution in [0.2, 0.25) is 0 Å². The Kier molecular flexibility index (Phi) is 13.8. The van der Waals surface area contributed by atoms with Crippen LogP contribution < -0.4 is 18.9 Å². The molecule has 8 nitrogen and oxygen atoms in total. The van der Waals surface area contributed by atoms with E-state index in [-0.39, 0.29) is 0 Å². The zero-order valence-electron chi connectivity index (χ0n) is 22.7. The number of nitrogens with zero attached hydrogens (tertiary/aromatic N) is 2. The van der Waals surface area contributed by atoms with Crippen molar-refractivity contribution in [2.45, 2.75) is 26.7 Å². The Hall–Kier alpha value is -2.41. The third-order valence-electron chi connectivity index (χ3n) is 5.51. The van der Waals surface area contributed by atoms with Gasteiger partial charge in [0, 0.05) is 24.2 Å². The summed E-state index contributed by atoms with van der Waals surface area (Å²) in [6.07, 6.45) is 1.95. The topological polar surface area (TPSA) is 102 Å². The van der Waals surface area contributed by atoms with Crippen LogP contribution in [0.25, 0.3) is 0 Å².